The fourth-order valence-corrected chi connectivity index (χ4v) is 1.32. The quantitative estimate of drug-likeness (QED) is 0.269. The lowest BCUT2D eigenvalue weighted by Crippen LogP contribution is -2.17. The molecule has 8 heteroatoms. The number of azide groups is 1. The minimum atomic E-state index is -4.76. The highest BCUT2D eigenvalue weighted by molar-refractivity contribution is 6.31. The van der Waals surface area contributed by atoms with E-state index in [1.165, 1.54) is 6.07 Å². The van der Waals surface area contributed by atoms with Crippen molar-refractivity contribution in [1.82, 2.24) is 0 Å². The fourth-order valence-electron chi connectivity index (χ4n) is 1.10. The van der Waals surface area contributed by atoms with E-state index in [1.807, 2.05) is 0 Å². The van der Waals surface area contributed by atoms with Crippen molar-refractivity contribution >= 4 is 11.6 Å². The van der Waals surface area contributed by atoms with E-state index in [0.29, 0.717) is 12.0 Å². The first kappa shape index (κ1) is 15.0. The molecule has 100 valence electrons. The number of benzene rings is 1. The van der Waals surface area contributed by atoms with E-state index in [1.54, 1.807) is 0 Å². The zero-order valence-corrected chi connectivity index (χ0v) is 10.2. The third kappa shape index (κ3) is 5.91. The van der Waals surface area contributed by atoms with E-state index in [4.69, 9.17) is 17.1 Å². The summed E-state index contributed by atoms with van der Waals surface area (Å²) in [6.07, 6.45) is -4.42. The third-order valence-electron chi connectivity index (χ3n) is 1.80. The van der Waals surface area contributed by atoms with Gasteiger partial charge in [0.1, 0.15) is 5.75 Å². The van der Waals surface area contributed by atoms with Gasteiger partial charge in [0, 0.05) is 29.5 Å². The molecule has 0 heterocycles. The van der Waals surface area contributed by atoms with Crippen LogP contribution in [0.25, 0.3) is 10.4 Å². The van der Waals surface area contributed by atoms with Crippen molar-refractivity contribution in [2.45, 2.75) is 12.8 Å². The second kappa shape index (κ2) is 6.78. The van der Waals surface area contributed by atoms with Gasteiger partial charge in [0.25, 0.3) is 0 Å². The zero-order valence-electron chi connectivity index (χ0n) is 9.41. The molecule has 0 aliphatic carbocycles. The molecule has 0 saturated heterocycles. The van der Waals surface area contributed by atoms with Crippen molar-refractivity contribution in [3.05, 3.63) is 39.2 Å². The fraction of sp³-hybridized carbons (Fsp3) is 0.273. The van der Waals surface area contributed by atoms with Gasteiger partial charge in [-0.15, -0.1) is 13.2 Å². The third-order valence-corrected chi connectivity index (χ3v) is 2.11. The van der Waals surface area contributed by atoms with Gasteiger partial charge in [-0.2, -0.15) is 0 Å². The lowest BCUT2D eigenvalue weighted by atomic mass is 10.2. The summed E-state index contributed by atoms with van der Waals surface area (Å²) < 4.78 is 39.6. The normalized spacial score (nSPS) is 10.1. The van der Waals surface area contributed by atoms with Gasteiger partial charge in [0.05, 0.1) is 5.02 Å². The summed E-state index contributed by atoms with van der Waals surface area (Å²) in [7, 11) is 0. The summed E-state index contributed by atoms with van der Waals surface area (Å²) in [5, 5.41) is 3.33. The highest BCUT2D eigenvalue weighted by Crippen LogP contribution is 2.27. The van der Waals surface area contributed by atoms with Crippen LogP contribution in [0, 0.1) is 11.8 Å². The van der Waals surface area contributed by atoms with Crippen LogP contribution < -0.4 is 4.74 Å². The molecule has 0 N–H and O–H groups in total. The molecule has 0 bridgehead atoms. The summed E-state index contributed by atoms with van der Waals surface area (Å²) in [6, 6.07) is 3.48. The minimum absolute atomic E-state index is 0.0537. The maximum Gasteiger partial charge on any atom is 0.573 e. The first-order valence-corrected chi connectivity index (χ1v) is 5.35. The van der Waals surface area contributed by atoms with Gasteiger partial charge in [-0.05, 0) is 17.7 Å². The van der Waals surface area contributed by atoms with Crippen molar-refractivity contribution in [3.63, 3.8) is 0 Å². The second-order valence-electron chi connectivity index (χ2n) is 3.20. The molecule has 0 aromatic heterocycles. The van der Waals surface area contributed by atoms with E-state index >= 15 is 0 Å². The first-order valence-electron chi connectivity index (χ1n) is 4.97. The molecule has 4 nitrogen and oxygen atoms in total. The molecule has 0 radical (unpaired) electrons. The summed E-state index contributed by atoms with van der Waals surface area (Å²) in [5.74, 6) is 4.94. The van der Waals surface area contributed by atoms with E-state index in [9.17, 15) is 13.2 Å². The molecule has 0 aliphatic rings. The van der Waals surface area contributed by atoms with Crippen LogP contribution in [0.2, 0.25) is 5.02 Å². The Hall–Kier alpha value is -2.03. The maximum atomic E-state index is 12.0. The number of hydrogen-bond donors (Lipinski definition) is 0. The Balaban J connectivity index is 2.74. The standard InChI is InChI=1S/C11H7ClF3N3O/c12-10-7-9(19-11(13,14)15)5-4-8(10)3-1-2-6-17-18-16/h4-5,7H,2,6H2. The second-order valence-corrected chi connectivity index (χ2v) is 3.60. The number of rotatable bonds is 3. The Bertz CT molecular complexity index is 557. The smallest absolute Gasteiger partial charge is 0.406 e. The molecule has 0 fully saturated rings. The van der Waals surface area contributed by atoms with Gasteiger partial charge in [-0.3, -0.25) is 0 Å². The number of halogens is 4. The molecule has 19 heavy (non-hydrogen) atoms. The first-order chi connectivity index (χ1) is 8.92. The molecule has 0 unspecified atom stereocenters. The molecule has 1 rings (SSSR count). The number of alkyl halides is 3. The molecular weight excluding hydrogens is 283 g/mol. The van der Waals surface area contributed by atoms with Crippen LogP contribution in [0.3, 0.4) is 0 Å². The zero-order chi connectivity index (χ0) is 14.3. The van der Waals surface area contributed by atoms with Crippen molar-refractivity contribution < 1.29 is 17.9 Å². The molecule has 0 aliphatic heterocycles. The molecule has 1 aromatic carbocycles. The van der Waals surface area contributed by atoms with E-state index < -0.39 is 12.1 Å². The topological polar surface area (TPSA) is 58.0 Å². The van der Waals surface area contributed by atoms with Gasteiger partial charge in [-0.1, -0.05) is 28.6 Å². The Labute approximate surface area is 111 Å². The molecule has 1 aromatic rings. The van der Waals surface area contributed by atoms with Gasteiger partial charge in [0.15, 0.2) is 0 Å². The predicted octanol–water partition coefficient (Wildman–Crippen LogP) is 4.29. The van der Waals surface area contributed by atoms with Gasteiger partial charge in [0.2, 0.25) is 0 Å². The average Bonchev–Trinajstić information content (AvgIpc) is 2.29. The van der Waals surface area contributed by atoms with Crippen LogP contribution in [0.1, 0.15) is 12.0 Å². The van der Waals surface area contributed by atoms with Crippen molar-refractivity contribution in [1.29, 1.82) is 0 Å². The highest BCUT2D eigenvalue weighted by atomic mass is 35.5. The number of nitrogens with zero attached hydrogens (tertiary/aromatic N) is 3. The van der Waals surface area contributed by atoms with E-state index in [0.717, 1.165) is 12.1 Å². The van der Waals surface area contributed by atoms with Crippen molar-refractivity contribution in [2.75, 3.05) is 6.54 Å². The summed E-state index contributed by atoms with van der Waals surface area (Å²) >= 11 is 5.77. The van der Waals surface area contributed by atoms with Crippen LogP contribution in [0.15, 0.2) is 23.3 Å². The monoisotopic (exact) mass is 289 g/mol. The largest absolute Gasteiger partial charge is 0.573 e. The Morgan fingerprint density at radius 2 is 2.16 bits per heavy atom. The Kier molecular flexibility index (Phi) is 5.37. The number of ether oxygens (including phenoxy) is 1. The molecule has 0 atom stereocenters. The summed E-state index contributed by atoms with van der Waals surface area (Å²) in [5.41, 5.74) is 8.41. The van der Waals surface area contributed by atoms with Crippen LogP contribution in [0.5, 0.6) is 5.75 Å². The van der Waals surface area contributed by atoms with Crippen LogP contribution in [-0.2, 0) is 0 Å². The Morgan fingerprint density at radius 3 is 2.74 bits per heavy atom. The molecular formula is C11H7ClF3N3O. The van der Waals surface area contributed by atoms with E-state index in [-0.39, 0.29) is 11.6 Å². The van der Waals surface area contributed by atoms with Gasteiger partial charge in [-0.25, -0.2) is 0 Å². The SMILES string of the molecule is [N-]=[N+]=NCCC#Cc1ccc(OC(F)(F)F)cc1Cl. The maximum absolute atomic E-state index is 12.0. The minimum Gasteiger partial charge on any atom is -0.406 e. The van der Waals surface area contributed by atoms with Crippen molar-refractivity contribution in [2.24, 2.45) is 5.11 Å². The van der Waals surface area contributed by atoms with Crippen LogP contribution in [0.4, 0.5) is 13.2 Å². The molecule has 0 saturated carbocycles. The van der Waals surface area contributed by atoms with Crippen LogP contribution >= 0.6 is 11.6 Å². The number of hydrogen-bond acceptors (Lipinski definition) is 2. The Morgan fingerprint density at radius 1 is 1.42 bits per heavy atom. The van der Waals surface area contributed by atoms with Gasteiger partial charge < -0.3 is 4.74 Å². The van der Waals surface area contributed by atoms with Crippen molar-refractivity contribution in [3.8, 4) is 17.6 Å². The lowest BCUT2D eigenvalue weighted by Gasteiger charge is -2.09. The van der Waals surface area contributed by atoms with Gasteiger partial charge >= 0.3 is 6.36 Å². The average molecular weight is 290 g/mol. The summed E-state index contributed by atoms with van der Waals surface area (Å²) in [4.78, 5) is 2.55. The van der Waals surface area contributed by atoms with Crippen LogP contribution in [-0.4, -0.2) is 12.9 Å². The molecule has 0 spiro atoms. The lowest BCUT2D eigenvalue weighted by molar-refractivity contribution is -0.274. The summed E-state index contributed by atoms with van der Waals surface area (Å²) in [6.45, 7) is 0.219. The molecule has 0 amide bonds. The van der Waals surface area contributed by atoms with E-state index in [2.05, 4.69) is 26.6 Å². The highest BCUT2D eigenvalue weighted by Gasteiger charge is 2.31. The predicted molar refractivity (Wildman–Crippen MR) is 63.6 cm³/mol.